The van der Waals surface area contributed by atoms with Crippen molar-refractivity contribution in [1.82, 2.24) is 49.3 Å². The molecule has 30 nitrogen and oxygen atoms in total. The summed E-state index contributed by atoms with van der Waals surface area (Å²) >= 11 is 0. The number of nitrogens with zero attached hydrogens (tertiary/aromatic N) is 8. The van der Waals surface area contributed by atoms with Crippen molar-refractivity contribution in [3.63, 3.8) is 0 Å². The van der Waals surface area contributed by atoms with E-state index in [0.29, 0.717) is 103 Å². The smallest absolute Gasteiger partial charge is 0.415 e. The number of esters is 4. The molecule has 4 saturated heterocycles. The fraction of sp³-hybridized carbons (Fsp3) is 0.544. The molecule has 4 fully saturated rings. The number of cyclic esters (lactones) is 2. The molecule has 4 amide bonds. The van der Waals surface area contributed by atoms with E-state index in [1.54, 1.807) is 69.2 Å². The van der Waals surface area contributed by atoms with Gasteiger partial charge in [0, 0.05) is 71.3 Å². The van der Waals surface area contributed by atoms with Gasteiger partial charge in [-0.3, -0.25) is 28.8 Å². The lowest BCUT2D eigenvalue weighted by Crippen LogP contribution is -2.48. The lowest BCUT2D eigenvalue weighted by atomic mass is 9.85. The molecule has 4 aromatic heterocycles. The molecular formula is C79H94N10O20. The van der Waals surface area contributed by atoms with Crippen LogP contribution in [0.5, 0.6) is 11.5 Å². The van der Waals surface area contributed by atoms with Crippen molar-refractivity contribution in [2.24, 2.45) is 0 Å². The average Bonchev–Trinajstić information content (AvgIpc) is 1.63. The van der Waals surface area contributed by atoms with Gasteiger partial charge in [0.2, 0.25) is 23.0 Å². The summed E-state index contributed by atoms with van der Waals surface area (Å²) in [4.78, 5) is 155. The quantitative estimate of drug-likeness (QED) is 0.0241. The maximum Gasteiger partial charge on any atom is 0.415 e. The predicted octanol–water partition coefficient (Wildman–Crippen LogP) is 6.90. The summed E-state index contributed by atoms with van der Waals surface area (Å²) in [5, 5.41) is 6.41. The molecule has 2 N–H and O–H groups in total. The number of piperidine rings is 4. The third-order valence-electron chi connectivity index (χ3n) is 22.7. The van der Waals surface area contributed by atoms with E-state index in [4.69, 9.17) is 57.3 Å². The largest absolute Gasteiger partial charge is 0.457 e. The van der Waals surface area contributed by atoms with Crippen LogP contribution in [0.2, 0.25) is 0 Å². The Balaban J connectivity index is 0.496. The first-order valence-corrected chi connectivity index (χ1v) is 38.4. The van der Waals surface area contributed by atoms with Crippen LogP contribution in [-0.2, 0) is 117 Å². The number of hydrogen-bond acceptors (Lipinski definition) is 24. The van der Waals surface area contributed by atoms with Crippen LogP contribution < -0.4 is 31.2 Å². The maximum absolute atomic E-state index is 14.4. The lowest BCUT2D eigenvalue weighted by molar-refractivity contribution is -0.189. The van der Waals surface area contributed by atoms with E-state index in [-0.39, 0.29) is 88.2 Å². The van der Waals surface area contributed by atoms with Crippen LogP contribution >= 0.6 is 0 Å². The monoisotopic (exact) mass is 1500 g/mol. The lowest BCUT2D eigenvalue weighted by Gasteiger charge is -2.39. The van der Waals surface area contributed by atoms with Gasteiger partial charge in [0.15, 0.2) is 0 Å². The van der Waals surface area contributed by atoms with Crippen molar-refractivity contribution in [3.8, 4) is 34.3 Å². The molecule has 8 aliphatic rings. The van der Waals surface area contributed by atoms with Gasteiger partial charge in [-0.15, -0.1) is 0 Å². The predicted molar refractivity (Wildman–Crippen MR) is 392 cm³/mol. The number of hydrogen-bond donors (Lipinski definition) is 2. The SMILES string of the molecule is CCc1c2c(nc3ccc(OC(=O)N4CCC(N5CCCCC5)CC4)cc13)-c1cc3c(c(=O)n1C2)COC(=O)[C@@]3(CC)OC(=O)CNC(=O)COCOCCCOCOCC(=O)NCC(=O)O[C@]1(CC)C(=O)OCc2c1cc1n(c2=O)Cc2c-1nc1ccc(OC(=O)N3CCC(N4CCCCC4)CC3)cc1c2CC. The van der Waals surface area contributed by atoms with Gasteiger partial charge in [-0.2, -0.15) is 0 Å². The second-order valence-electron chi connectivity index (χ2n) is 29.0. The van der Waals surface area contributed by atoms with E-state index in [2.05, 4.69) is 20.4 Å². The molecule has 0 spiro atoms. The number of aromatic nitrogens is 4. The van der Waals surface area contributed by atoms with E-state index in [9.17, 15) is 47.9 Å². The average molecular weight is 1500 g/mol. The van der Waals surface area contributed by atoms with Crippen LogP contribution in [-0.4, -0.2) is 204 Å². The number of carbonyl (C=O) groups is 8. The highest BCUT2D eigenvalue weighted by Crippen LogP contribution is 2.45. The van der Waals surface area contributed by atoms with Gasteiger partial charge < -0.3 is 86.7 Å². The molecular weight excluding hydrogens is 1410 g/mol. The molecule has 12 heterocycles. The molecule has 0 aliphatic carbocycles. The Morgan fingerprint density at radius 2 is 0.908 bits per heavy atom. The molecule has 0 radical (unpaired) electrons. The summed E-state index contributed by atoms with van der Waals surface area (Å²) in [7, 11) is 0. The number of rotatable bonds is 26. The zero-order chi connectivity index (χ0) is 76.1. The topological polar surface area (TPSA) is 336 Å². The number of aryl methyl sites for hydroxylation is 2. The molecule has 0 saturated carbocycles. The van der Waals surface area contributed by atoms with E-state index in [1.807, 2.05) is 26.0 Å². The number of fused-ring (bicyclic) bond motifs is 10. The molecule has 0 unspecified atom stereocenters. The first-order valence-electron chi connectivity index (χ1n) is 38.4. The van der Waals surface area contributed by atoms with Crippen LogP contribution in [0, 0.1) is 0 Å². The maximum atomic E-state index is 14.4. The Bertz CT molecular complexity index is 4380. The number of likely N-dealkylation sites (tertiary alicyclic amines) is 4. The van der Waals surface area contributed by atoms with E-state index in [0.717, 1.165) is 84.9 Å². The summed E-state index contributed by atoms with van der Waals surface area (Å²) < 4.78 is 59.4. The molecule has 14 rings (SSSR count). The van der Waals surface area contributed by atoms with Crippen molar-refractivity contribution >= 4 is 69.7 Å². The first-order chi connectivity index (χ1) is 52.9. The summed E-state index contributed by atoms with van der Waals surface area (Å²) in [6.07, 6.45) is 11.6. The highest BCUT2D eigenvalue weighted by Gasteiger charge is 2.52. The fourth-order valence-corrected chi connectivity index (χ4v) is 16.9. The third-order valence-corrected chi connectivity index (χ3v) is 22.7. The van der Waals surface area contributed by atoms with Gasteiger partial charge in [-0.25, -0.2) is 29.1 Å². The van der Waals surface area contributed by atoms with Crippen molar-refractivity contribution in [1.29, 1.82) is 0 Å². The minimum absolute atomic E-state index is 0.0955. The third kappa shape index (κ3) is 15.5. The van der Waals surface area contributed by atoms with Crippen molar-refractivity contribution in [3.05, 3.63) is 114 Å². The van der Waals surface area contributed by atoms with Gasteiger partial charge in [-0.1, -0.05) is 40.5 Å². The van der Waals surface area contributed by atoms with Gasteiger partial charge in [0.25, 0.3) is 11.1 Å². The summed E-state index contributed by atoms with van der Waals surface area (Å²) in [5.41, 5.74) is 2.34. The standard InChI is InChI=1S/C79H94N10O20/c1-5-52-54-34-50(106-76(98)86-28-20-48(21-29-86)84-24-11-9-12-25-84)16-18-62(54)82-70-56(52)40-88-64(70)36-60-58(72(88)94)42-104-74(96)78(60,7-3)108-68(92)38-80-66(90)44-102-46-100-32-15-33-101-47-103-45-67(91)81-39-69(93)109-79(8-4)61-37-65-71-57(41-89(65)73(95)59(61)43-105-75(79)97)53(6-2)55-35-51(17-19-63(55)83-71)107-77(99)87-30-22-49(23-31-87)85-26-13-10-14-27-85/h16-19,34-37,48-49H,5-15,20-33,38-47H2,1-4H3,(H,80,90)(H,81,91)/t78-,79-/m0/s1. The Labute approximate surface area is 629 Å². The second-order valence-corrected chi connectivity index (χ2v) is 29.0. The number of ether oxygens (including phenoxy) is 10. The highest BCUT2D eigenvalue weighted by atomic mass is 16.7. The number of amides is 4. The van der Waals surface area contributed by atoms with E-state index in [1.165, 1.54) is 38.5 Å². The zero-order valence-electron chi connectivity index (χ0n) is 62.3. The Morgan fingerprint density at radius 1 is 0.505 bits per heavy atom. The van der Waals surface area contributed by atoms with Crippen molar-refractivity contribution in [2.75, 3.05) is 105 Å². The summed E-state index contributed by atoms with van der Waals surface area (Å²) in [6, 6.07) is 14.9. The summed E-state index contributed by atoms with van der Waals surface area (Å²) in [6.45, 7) is 11.3. The second kappa shape index (κ2) is 33.2. The van der Waals surface area contributed by atoms with Gasteiger partial charge >= 0.3 is 36.1 Å². The molecule has 109 heavy (non-hydrogen) atoms. The van der Waals surface area contributed by atoms with E-state index < -0.39 is 96.5 Å². The van der Waals surface area contributed by atoms with Crippen LogP contribution in [0.4, 0.5) is 9.59 Å². The number of pyridine rings is 4. The Kier molecular flexibility index (Phi) is 23.2. The molecule has 6 aromatic rings. The summed E-state index contributed by atoms with van der Waals surface area (Å²) in [5.74, 6) is -4.28. The number of nitrogens with one attached hydrogen (secondary N) is 2. The van der Waals surface area contributed by atoms with Crippen molar-refractivity contribution < 1.29 is 85.7 Å². The minimum atomic E-state index is -2.02. The minimum Gasteiger partial charge on any atom is -0.457 e. The Morgan fingerprint density at radius 3 is 1.29 bits per heavy atom. The highest BCUT2D eigenvalue weighted by molar-refractivity contribution is 5.94. The van der Waals surface area contributed by atoms with Gasteiger partial charge in [0.05, 0.1) is 71.2 Å². The van der Waals surface area contributed by atoms with Gasteiger partial charge in [-0.05, 0) is 169 Å². The zero-order valence-corrected chi connectivity index (χ0v) is 62.3. The first kappa shape index (κ1) is 76.1. The normalized spacial score (nSPS) is 19.9. The molecule has 2 atom stereocenters. The molecule has 30 heteroatoms. The van der Waals surface area contributed by atoms with Crippen LogP contribution in [0.1, 0.15) is 156 Å². The number of benzene rings is 2. The molecule has 0 bridgehead atoms. The molecule has 8 aliphatic heterocycles. The molecule has 580 valence electrons. The van der Waals surface area contributed by atoms with Crippen LogP contribution in [0.15, 0.2) is 58.1 Å². The van der Waals surface area contributed by atoms with Crippen LogP contribution in [0.3, 0.4) is 0 Å². The number of carbonyl (C=O) groups excluding carboxylic acids is 8. The Hall–Kier alpha value is -9.72. The fourth-order valence-electron chi connectivity index (χ4n) is 16.9. The molecule has 2 aromatic carbocycles. The van der Waals surface area contributed by atoms with Crippen LogP contribution in [0.25, 0.3) is 44.6 Å². The van der Waals surface area contributed by atoms with E-state index >= 15 is 0 Å². The van der Waals surface area contributed by atoms with Crippen molar-refractivity contribution in [2.45, 2.75) is 174 Å². The van der Waals surface area contributed by atoms with Gasteiger partial charge in [0.1, 0.15) is 64.6 Å².